The molecule has 1 aromatic heterocycles. The van der Waals surface area contributed by atoms with Crippen LogP contribution in [0.3, 0.4) is 0 Å². The zero-order valence-corrected chi connectivity index (χ0v) is 10.3. The Morgan fingerprint density at radius 3 is 3.00 bits per heavy atom. The molecule has 0 N–H and O–H groups in total. The molecule has 0 bridgehead atoms. The Morgan fingerprint density at radius 2 is 2.33 bits per heavy atom. The predicted molar refractivity (Wildman–Crippen MR) is 62.0 cm³/mol. The summed E-state index contributed by atoms with van der Waals surface area (Å²) in [5.74, 6) is -0.852. The van der Waals surface area contributed by atoms with Gasteiger partial charge in [-0.2, -0.15) is 0 Å². The smallest absolute Gasteiger partial charge is 0.364 e. The lowest BCUT2D eigenvalue weighted by Gasteiger charge is -2.05. The molecule has 18 heavy (non-hydrogen) atoms. The van der Waals surface area contributed by atoms with Crippen LogP contribution in [0.4, 0.5) is 4.39 Å². The molecule has 1 heterocycles. The molecule has 0 radical (unpaired) electrons. The normalized spacial score (nSPS) is 10.8. The fourth-order valence-corrected chi connectivity index (χ4v) is 1.77. The SMILES string of the molecule is COCn1c(Cc2c(F)cccc2Cl)noc1=O. The summed E-state index contributed by atoms with van der Waals surface area (Å²) in [4.78, 5) is 11.3. The van der Waals surface area contributed by atoms with E-state index in [1.54, 1.807) is 6.07 Å². The average molecular weight is 273 g/mol. The van der Waals surface area contributed by atoms with Gasteiger partial charge in [0.2, 0.25) is 0 Å². The fourth-order valence-electron chi connectivity index (χ4n) is 1.54. The summed E-state index contributed by atoms with van der Waals surface area (Å²) in [6.45, 7) is -0.0102. The minimum Gasteiger partial charge on any atom is -0.364 e. The topological polar surface area (TPSA) is 57.3 Å². The van der Waals surface area contributed by atoms with E-state index in [0.717, 1.165) is 0 Å². The third-order valence-electron chi connectivity index (χ3n) is 2.42. The second-order valence-electron chi connectivity index (χ2n) is 3.59. The second-order valence-corrected chi connectivity index (χ2v) is 3.99. The van der Waals surface area contributed by atoms with Crippen molar-refractivity contribution in [1.29, 1.82) is 0 Å². The van der Waals surface area contributed by atoms with E-state index in [9.17, 15) is 9.18 Å². The lowest BCUT2D eigenvalue weighted by molar-refractivity contribution is 0.123. The summed E-state index contributed by atoms with van der Waals surface area (Å²) in [6, 6.07) is 4.37. The van der Waals surface area contributed by atoms with Crippen molar-refractivity contribution in [3.63, 3.8) is 0 Å². The summed E-state index contributed by atoms with van der Waals surface area (Å²) in [7, 11) is 1.43. The first-order valence-corrected chi connectivity index (χ1v) is 5.48. The molecule has 5 nitrogen and oxygen atoms in total. The van der Waals surface area contributed by atoms with Gasteiger partial charge < -0.3 is 4.74 Å². The predicted octanol–water partition coefficient (Wildman–Crippen LogP) is 1.82. The quantitative estimate of drug-likeness (QED) is 0.852. The van der Waals surface area contributed by atoms with Crippen LogP contribution in [-0.4, -0.2) is 16.8 Å². The van der Waals surface area contributed by atoms with Gasteiger partial charge in [0.15, 0.2) is 5.82 Å². The number of rotatable bonds is 4. The number of ether oxygens (including phenoxy) is 1. The molecular weight excluding hydrogens is 263 g/mol. The molecule has 0 spiro atoms. The minimum absolute atomic E-state index is 0.0102. The third kappa shape index (κ3) is 2.44. The maximum absolute atomic E-state index is 13.6. The lowest BCUT2D eigenvalue weighted by atomic mass is 10.1. The van der Waals surface area contributed by atoms with Gasteiger partial charge in [-0.05, 0) is 12.1 Å². The van der Waals surface area contributed by atoms with Gasteiger partial charge in [0.05, 0.1) is 0 Å². The summed E-state index contributed by atoms with van der Waals surface area (Å²) >= 11 is 5.90. The Balaban J connectivity index is 2.37. The van der Waals surface area contributed by atoms with Crippen LogP contribution in [0, 0.1) is 5.82 Å². The monoisotopic (exact) mass is 272 g/mol. The molecule has 2 aromatic rings. The highest BCUT2D eigenvalue weighted by Crippen LogP contribution is 2.21. The Labute approximate surface area is 107 Å². The van der Waals surface area contributed by atoms with Gasteiger partial charge in [-0.1, -0.05) is 22.8 Å². The summed E-state index contributed by atoms with van der Waals surface area (Å²) in [5.41, 5.74) is 0.261. The van der Waals surface area contributed by atoms with Crippen molar-refractivity contribution in [2.24, 2.45) is 0 Å². The van der Waals surface area contributed by atoms with Crippen molar-refractivity contribution in [2.75, 3.05) is 7.11 Å². The molecule has 7 heteroatoms. The fraction of sp³-hybridized carbons (Fsp3) is 0.273. The van der Waals surface area contributed by atoms with Crippen LogP contribution in [-0.2, 0) is 17.9 Å². The number of methoxy groups -OCH3 is 1. The first-order chi connectivity index (χ1) is 8.63. The molecule has 0 aliphatic heterocycles. The second kappa shape index (κ2) is 5.32. The standard InChI is InChI=1S/C11H10ClFN2O3/c1-17-6-15-10(14-18-11(15)16)5-7-8(12)3-2-4-9(7)13/h2-4H,5-6H2,1H3. The summed E-state index contributed by atoms with van der Waals surface area (Å²) in [6.07, 6.45) is 0.0562. The molecule has 0 aliphatic carbocycles. The number of hydrogen-bond acceptors (Lipinski definition) is 4. The Hall–Kier alpha value is -1.66. The van der Waals surface area contributed by atoms with Gasteiger partial charge in [-0.3, -0.25) is 4.52 Å². The Morgan fingerprint density at radius 1 is 1.56 bits per heavy atom. The highest BCUT2D eigenvalue weighted by atomic mass is 35.5. The van der Waals surface area contributed by atoms with Crippen molar-refractivity contribution in [2.45, 2.75) is 13.2 Å². The molecule has 0 aliphatic rings. The number of halogens is 2. The molecule has 0 unspecified atom stereocenters. The molecular formula is C11H10ClFN2O3. The molecule has 0 saturated carbocycles. The Kier molecular flexibility index (Phi) is 3.78. The molecule has 0 fully saturated rings. The maximum Gasteiger partial charge on any atom is 0.443 e. The third-order valence-corrected chi connectivity index (χ3v) is 2.77. The van der Waals surface area contributed by atoms with Gasteiger partial charge in [-0.15, -0.1) is 0 Å². The van der Waals surface area contributed by atoms with Crippen LogP contribution in [0.2, 0.25) is 5.02 Å². The average Bonchev–Trinajstić information content (AvgIpc) is 2.67. The van der Waals surface area contributed by atoms with E-state index >= 15 is 0 Å². The number of hydrogen-bond donors (Lipinski definition) is 0. The first kappa shape index (κ1) is 12.8. The molecule has 0 atom stereocenters. The van der Waals surface area contributed by atoms with E-state index in [1.165, 1.54) is 23.8 Å². The summed E-state index contributed by atoms with van der Waals surface area (Å²) in [5, 5.41) is 3.85. The zero-order chi connectivity index (χ0) is 13.1. The first-order valence-electron chi connectivity index (χ1n) is 5.10. The van der Waals surface area contributed by atoms with Crippen molar-refractivity contribution in [3.8, 4) is 0 Å². The highest BCUT2D eigenvalue weighted by molar-refractivity contribution is 6.31. The van der Waals surface area contributed by atoms with Gasteiger partial charge in [-0.25, -0.2) is 13.8 Å². The summed E-state index contributed by atoms with van der Waals surface area (Å²) < 4.78 is 24.1. The molecule has 96 valence electrons. The Bertz CT molecular complexity index is 588. The molecule has 0 amide bonds. The van der Waals surface area contributed by atoms with E-state index in [0.29, 0.717) is 0 Å². The van der Waals surface area contributed by atoms with E-state index in [1.807, 2.05) is 0 Å². The van der Waals surface area contributed by atoms with Gasteiger partial charge in [0, 0.05) is 24.1 Å². The van der Waals surface area contributed by atoms with Crippen molar-refractivity contribution in [1.82, 2.24) is 9.72 Å². The zero-order valence-electron chi connectivity index (χ0n) is 9.52. The number of benzene rings is 1. The van der Waals surface area contributed by atoms with Gasteiger partial charge in [0.1, 0.15) is 12.5 Å². The van der Waals surface area contributed by atoms with E-state index < -0.39 is 11.6 Å². The van der Waals surface area contributed by atoms with Gasteiger partial charge >= 0.3 is 5.76 Å². The molecule has 2 rings (SSSR count). The van der Waals surface area contributed by atoms with E-state index in [-0.39, 0.29) is 29.6 Å². The van der Waals surface area contributed by atoms with Crippen LogP contribution < -0.4 is 5.76 Å². The van der Waals surface area contributed by atoms with Crippen LogP contribution in [0.1, 0.15) is 11.4 Å². The van der Waals surface area contributed by atoms with Crippen molar-refractivity contribution >= 4 is 11.6 Å². The van der Waals surface area contributed by atoms with Crippen LogP contribution in [0.25, 0.3) is 0 Å². The van der Waals surface area contributed by atoms with Crippen LogP contribution in [0.15, 0.2) is 27.5 Å². The highest BCUT2D eigenvalue weighted by Gasteiger charge is 2.15. The largest absolute Gasteiger partial charge is 0.443 e. The minimum atomic E-state index is -0.653. The maximum atomic E-state index is 13.6. The molecule has 0 saturated heterocycles. The van der Waals surface area contributed by atoms with E-state index in [2.05, 4.69) is 9.68 Å². The van der Waals surface area contributed by atoms with E-state index in [4.69, 9.17) is 16.3 Å². The van der Waals surface area contributed by atoms with Crippen molar-refractivity contribution in [3.05, 3.63) is 51.0 Å². The molecule has 1 aromatic carbocycles. The van der Waals surface area contributed by atoms with Crippen LogP contribution in [0.5, 0.6) is 0 Å². The van der Waals surface area contributed by atoms with Crippen molar-refractivity contribution < 1.29 is 13.7 Å². The lowest BCUT2D eigenvalue weighted by Crippen LogP contribution is -2.18. The van der Waals surface area contributed by atoms with Crippen LogP contribution >= 0.6 is 11.6 Å². The number of nitrogens with zero attached hydrogens (tertiary/aromatic N) is 2. The number of aromatic nitrogens is 2. The van der Waals surface area contributed by atoms with Gasteiger partial charge in [0.25, 0.3) is 0 Å².